The summed E-state index contributed by atoms with van der Waals surface area (Å²) in [6.45, 7) is 5.94. The van der Waals surface area contributed by atoms with Gasteiger partial charge in [0.2, 0.25) is 0 Å². The molecule has 1 aliphatic heterocycles. The van der Waals surface area contributed by atoms with Gasteiger partial charge in [0, 0.05) is 52.0 Å². The van der Waals surface area contributed by atoms with E-state index in [4.69, 9.17) is 4.74 Å². The molecule has 0 saturated carbocycles. The number of para-hydroxylation sites is 1. The molecule has 1 N–H and O–H groups in total. The standard InChI is InChI=1S/C24H34N4O3/c1-17-13-28(18(2)16-29)24(30)20-7-6-8-21(26(3)4)23(20)31-22(17)15-27(5)14-19-9-11-25-12-10-19/h6-12,17-18,22,29H,13-16H2,1-5H3/t17-,18-,22+/m0/s1. The molecule has 7 heteroatoms. The lowest BCUT2D eigenvalue weighted by Crippen LogP contribution is -2.49. The molecular weight excluding hydrogens is 392 g/mol. The molecule has 0 spiro atoms. The Balaban J connectivity index is 1.94. The number of amides is 1. The Morgan fingerprint density at radius 2 is 1.94 bits per heavy atom. The van der Waals surface area contributed by atoms with Crippen LogP contribution in [0.2, 0.25) is 0 Å². The number of ether oxygens (including phenoxy) is 1. The molecule has 7 nitrogen and oxygen atoms in total. The van der Waals surface area contributed by atoms with Crippen LogP contribution in [0.5, 0.6) is 5.75 Å². The zero-order chi connectivity index (χ0) is 22.5. The van der Waals surface area contributed by atoms with Crippen molar-refractivity contribution >= 4 is 11.6 Å². The van der Waals surface area contributed by atoms with Crippen molar-refractivity contribution in [1.82, 2.24) is 14.8 Å². The summed E-state index contributed by atoms with van der Waals surface area (Å²) >= 11 is 0. The maximum Gasteiger partial charge on any atom is 0.258 e. The van der Waals surface area contributed by atoms with Crippen molar-refractivity contribution in [2.75, 3.05) is 45.7 Å². The lowest BCUT2D eigenvalue weighted by molar-refractivity contribution is 0.0343. The fourth-order valence-corrected chi connectivity index (χ4v) is 3.97. The quantitative estimate of drug-likeness (QED) is 0.734. The first kappa shape index (κ1) is 23.0. The van der Waals surface area contributed by atoms with E-state index in [-0.39, 0.29) is 30.6 Å². The third-order valence-corrected chi connectivity index (χ3v) is 5.85. The number of aliphatic hydroxyl groups is 1. The number of carbonyl (C=O) groups excluding carboxylic acids is 1. The number of hydrogen-bond acceptors (Lipinski definition) is 6. The van der Waals surface area contributed by atoms with Gasteiger partial charge in [-0.1, -0.05) is 13.0 Å². The van der Waals surface area contributed by atoms with Crippen molar-refractivity contribution in [3.8, 4) is 5.75 Å². The highest BCUT2D eigenvalue weighted by Gasteiger charge is 2.34. The van der Waals surface area contributed by atoms with E-state index in [1.807, 2.05) is 56.3 Å². The van der Waals surface area contributed by atoms with Crippen LogP contribution in [0.1, 0.15) is 29.8 Å². The zero-order valence-corrected chi connectivity index (χ0v) is 19.2. The molecule has 31 heavy (non-hydrogen) atoms. The second-order valence-corrected chi connectivity index (χ2v) is 8.72. The summed E-state index contributed by atoms with van der Waals surface area (Å²) in [5, 5.41) is 9.77. The van der Waals surface area contributed by atoms with Crippen LogP contribution in [-0.2, 0) is 6.54 Å². The van der Waals surface area contributed by atoms with Gasteiger partial charge >= 0.3 is 0 Å². The van der Waals surface area contributed by atoms with Crippen molar-refractivity contribution in [2.45, 2.75) is 32.5 Å². The number of fused-ring (bicyclic) bond motifs is 1. The monoisotopic (exact) mass is 426 g/mol. The van der Waals surface area contributed by atoms with Crippen LogP contribution in [0.25, 0.3) is 0 Å². The number of pyridine rings is 1. The maximum absolute atomic E-state index is 13.4. The SMILES string of the molecule is C[C@H]1CN([C@@H](C)CO)C(=O)c2cccc(N(C)C)c2O[C@@H]1CN(C)Cc1ccncc1. The first-order chi connectivity index (χ1) is 14.8. The van der Waals surface area contributed by atoms with Gasteiger partial charge in [-0.05, 0) is 43.8 Å². The average molecular weight is 427 g/mol. The molecule has 3 atom stereocenters. The van der Waals surface area contributed by atoms with Gasteiger partial charge in [0.05, 0.1) is 23.9 Å². The average Bonchev–Trinajstić information content (AvgIpc) is 2.75. The predicted molar refractivity (Wildman–Crippen MR) is 123 cm³/mol. The van der Waals surface area contributed by atoms with Gasteiger partial charge in [0.25, 0.3) is 5.91 Å². The second-order valence-electron chi connectivity index (χ2n) is 8.72. The summed E-state index contributed by atoms with van der Waals surface area (Å²) in [5.74, 6) is 0.596. The number of carbonyl (C=O) groups is 1. The van der Waals surface area contributed by atoms with Crippen molar-refractivity contribution < 1.29 is 14.6 Å². The lowest BCUT2D eigenvalue weighted by Gasteiger charge is -2.39. The van der Waals surface area contributed by atoms with Gasteiger partial charge < -0.3 is 19.6 Å². The smallest absolute Gasteiger partial charge is 0.258 e. The first-order valence-electron chi connectivity index (χ1n) is 10.8. The van der Waals surface area contributed by atoms with E-state index in [9.17, 15) is 9.90 Å². The summed E-state index contributed by atoms with van der Waals surface area (Å²) in [6.07, 6.45) is 3.49. The van der Waals surface area contributed by atoms with Gasteiger partial charge in [-0.15, -0.1) is 0 Å². The molecule has 0 aliphatic carbocycles. The fraction of sp³-hybridized carbons (Fsp3) is 0.500. The molecule has 1 aromatic heterocycles. The van der Waals surface area contributed by atoms with Crippen LogP contribution in [0.15, 0.2) is 42.7 Å². The van der Waals surface area contributed by atoms with Crippen molar-refractivity contribution in [3.63, 3.8) is 0 Å². The molecular formula is C24H34N4O3. The molecule has 168 valence electrons. The van der Waals surface area contributed by atoms with E-state index >= 15 is 0 Å². The van der Waals surface area contributed by atoms with Gasteiger partial charge in [-0.25, -0.2) is 0 Å². The van der Waals surface area contributed by atoms with Crippen molar-refractivity contribution in [3.05, 3.63) is 53.9 Å². The Labute approximate surface area is 185 Å². The van der Waals surface area contributed by atoms with E-state index in [0.29, 0.717) is 24.4 Å². The van der Waals surface area contributed by atoms with Crippen LogP contribution >= 0.6 is 0 Å². The molecule has 0 saturated heterocycles. The van der Waals surface area contributed by atoms with Gasteiger partial charge in [0.15, 0.2) is 5.75 Å². The van der Waals surface area contributed by atoms with E-state index < -0.39 is 0 Å². The number of aromatic nitrogens is 1. The number of nitrogens with zero attached hydrogens (tertiary/aromatic N) is 4. The Kier molecular flexibility index (Phi) is 7.51. The molecule has 2 aromatic rings. The number of benzene rings is 1. The Bertz CT molecular complexity index is 874. The summed E-state index contributed by atoms with van der Waals surface area (Å²) < 4.78 is 6.58. The Hall–Kier alpha value is -2.64. The minimum atomic E-state index is -0.265. The number of aliphatic hydroxyl groups excluding tert-OH is 1. The number of hydrogen-bond donors (Lipinski definition) is 1. The van der Waals surface area contributed by atoms with Crippen LogP contribution < -0.4 is 9.64 Å². The molecule has 1 aliphatic rings. The fourth-order valence-electron chi connectivity index (χ4n) is 3.97. The highest BCUT2D eigenvalue weighted by Crippen LogP contribution is 2.36. The highest BCUT2D eigenvalue weighted by molar-refractivity contribution is 5.99. The van der Waals surface area contributed by atoms with Crippen LogP contribution in [0.4, 0.5) is 5.69 Å². The largest absolute Gasteiger partial charge is 0.486 e. The Morgan fingerprint density at radius 3 is 2.58 bits per heavy atom. The molecule has 0 fully saturated rings. The van der Waals surface area contributed by atoms with Gasteiger partial charge in [-0.3, -0.25) is 14.7 Å². The van der Waals surface area contributed by atoms with Crippen molar-refractivity contribution in [1.29, 1.82) is 0 Å². The van der Waals surface area contributed by atoms with E-state index in [1.165, 1.54) is 5.56 Å². The third-order valence-electron chi connectivity index (χ3n) is 5.85. The highest BCUT2D eigenvalue weighted by atomic mass is 16.5. The van der Waals surface area contributed by atoms with Gasteiger partial charge in [0.1, 0.15) is 6.10 Å². The third kappa shape index (κ3) is 5.35. The summed E-state index contributed by atoms with van der Waals surface area (Å²) in [4.78, 5) is 23.5. The molecule has 2 heterocycles. The number of likely N-dealkylation sites (N-methyl/N-ethyl adjacent to an activating group) is 1. The van der Waals surface area contributed by atoms with Gasteiger partial charge in [-0.2, -0.15) is 0 Å². The number of anilines is 1. The molecule has 1 aromatic carbocycles. The summed E-state index contributed by atoms with van der Waals surface area (Å²) in [6, 6.07) is 9.43. The van der Waals surface area contributed by atoms with Crippen LogP contribution in [0.3, 0.4) is 0 Å². The van der Waals surface area contributed by atoms with Crippen LogP contribution in [-0.4, -0.2) is 78.8 Å². The van der Waals surface area contributed by atoms with E-state index in [0.717, 1.165) is 12.2 Å². The minimum absolute atomic E-state index is 0.0748. The van der Waals surface area contributed by atoms with E-state index in [2.05, 4.69) is 23.9 Å². The lowest BCUT2D eigenvalue weighted by atomic mass is 9.98. The normalized spacial score (nSPS) is 20.0. The van der Waals surface area contributed by atoms with E-state index in [1.54, 1.807) is 17.3 Å². The summed E-state index contributed by atoms with van der Waals surface area (Å²) in [7, 11) is 5.97. The molecule has 3 rings (SSSR count). The molecule has 0 bridgehead atoms. The predicted octanol–water partition coefficient (Wildman–Crippen LogP) is 2.50. The summed E-state index contributed by atoms with van der Waals surface area (Å²) in [5.41, 5.74) is 2.61. The molecule has 1 amide bonds. The topological polar surface area (TPSA) is 69.1 Å². The molecule has 0 radical (unpaired) electrons. The number of rotatable bonds is 7. The second kappa shape index (κ2) is 10.1. The van der Waals surface area contributed by atoms with Crippen molar-refractivity contribution in [2.24, 2.45) is 5.92 Å². The maximum atomic E-state index is 13.4. The molecule has 0 unspecified atom stereocenters. The van der Waals surface area contributed by atoms with Crippen LogP contribution in [0, 0.1) is 5.92 Å². The minimum Gasteiger partial charge on any atom is -0.486 e. The zero-order valence-electron chi connectivity index (χ0n) is 19.2. The first-order valence-corrected chi connectivity index (χ1v) is 10.8. The Morgan fingerprint density at radius 1 is 1.23 bits per heavy atom.